The molecule has 0 spiro atoms. The van der Waals surface area contributed by atoms with E-state index < -0.39 is 11.7 Å². The molecule has 1 unspecified atom stereocenters. The van der Waals surface area contributed by atoms with Crippen molar-refractivity contribution in [3.8, 4) is 43.1 Å². The molecule has 1 heterocycles. The molecule has 1 aromatic heterocycles. The molecule has 4 aromatic carbocycles. The van der Waals surface area contributed by atoms with E-state index in [1.165, 1.54) is 33.0 Å². The van der Waals surface area contributed by atoms with Crippen LogP contribution >= 0.6 is 11.3 Å². The zero-order chi connectivity index (χ0) is 28.4. The van der Waals surface area contributed by atoms with Crippen LogP contribution in [0.15, 0.2) is 133 Å². The topological polar surface area (TPSA) is 9.23 Å². The van der Waals surface area contributed by atoms with Crippen LogP contribution in [-0.4, -0.2) is 7.11 Å². The first-order chi connectivity index (χ1) is 19.9. The number of hydrogen-bond donors (Lipinski definition) is 0. The second kappa shape index (κ2) is 11.3. The van der Waals surface area contributed by atoms with Crippen molar-refractivity contribution < 1.29 is 17.9 Å². The van der Waals surface area contributed by atoms with Gasteiger partial charge in [0.15, 0.2) is 0 Å². The second-order valence-corrected chi connectivity index (χ2v) is 11.1. The van der Waals surface area contributed by atoms with Gasteiger partial charge in [-0.25, -0.2) is 0 Å². The average Bonchev–Trinajstić information content (AvgIpc) is 3.52. The minimum Gasteiger partial charge on any atom is -0.497 e. The van der Waals surface area contributed by atoms with Gasteiger partial charge in [0.05, 0.1) is 12.7 Å². The summed E-state index contributed by atoms with van der Waals surface area (Å²) in [7, 11) is 1.70. The maximum absolute atomic E-state index is 12.9. The van der Waals surface area contributed by atoms with Crippen LogP contribution in [0.1, 0.15) is 23.5 Å². The first-order valence-electron chi connectivity index (χ1n) is 13.4. The fourth-order valence-corrected chi connectivity index (χ4v) is 6.09. The Labute approximate surface area is 241 Å². The molecule has 0 aliphatic heterocycles. The predicted molar refractivity (Wildman–Crippen MR) is 163 cm³/mol. The number of allylic oxidation sites excluding steroid dienone is 3. The number of ether oxygens (including phenoxy) is 1. The van der Waals surface area contributed by atoms with Gasteiger partial charge < -0.3 is 4.74 Å². The molecule has 0 amide bonds. The number of hydrogen-bond acceptors (Lipinski definition) is 2. The summed E-state index contributed by atoms with van der Waals surface area (Å²) in [6.45, 7) is 0. The van der Waals surface area contributed by atoms with Crippen molar-refractivity contribution in [3.63, 3.8) is 0 Å². The minimum absolute atomic E-state index is 0.376. The molecule has 0 radical (unpaired) electrons. The van der Waals surface area contributed by atoms with Gasteiger partial charge in [-0.1, -0.05) is 91.0 Å². The van der Waals surface area contributed by atoms with E-state index in [9.17, 15) is 13.2 Å². The van der Waals surface area contributed by atoms with Gasteiger partial charge in [-0.3, -0.25) is 0 Å². The molecule has 1 aliphatic rings. The number of halogens is 3. The van der Waals surface area contributed by atoms with Gasteiger partial charge in [0.25, 0.3) is 0 Å². The van der Waals surface area contributed by atoms with E-state index in [0.717, 1.165) is 52.1 Å². The molecule has 1 atom stereocenters. The van der Waals surface area contributed by atoms with Gasteiger partial charge in [-0.2, -0.15) is 13.2 Å². The molecule has 0 saturated heterocycles. The summed E-state index contributed by atoms with van der Waals surface area (Å²) in [5.74, 6) is 1.30. The highest BCUT2D eigenvalue weighted by Gasteiger charge is 2.30. The largest absolute Gasteiger partial charge is 0.497 e. The van der Waals surface area contributed by atoms with Crippen LogP contribution in [0.25, 0.3) is 43.1 Å². The highest BCUT2D eigenvalue weighted by Crippen LogP contribution is 2.37. The summed E-state index contributed by atoms with van der Waals surface area (Å²) >= 11 is 1.78. The molecule has 0 fully saturated rings. The quantitative estimate of drug-likeness (QED) is 0.199. The molecular weight excluding hydrogens is 537 g/mol. The summed E-state index contributed by atoms with van der Waals surface area (Å²) in [5, 5.41) is 0. The van der Waals surface area contributed by atoms with Crippen molar-refractivity contribution in [2.24, 2.45) is 0 Å². The molecule has 6 rings (SSSR count). The van der Waals surface area contributed by atoms with Crippen LogP contribution in [0.5, 0.6) is 0 Å². The van der Waals surface area contributed by atoms with Crippen molar-refractivity contribution in [2.75, 3.05) is 7.11 Å². The van der Waals surface area contributed by atoms with E-state index in [0.29, 0.717) is 5.92 Å². The average molecular weight is 565 g/mol. The van der Waals surface area contributed by atoms with Crippen LogP contribution in [0.4, 0.5) is 13.2 Å². The van der Waals surface area contributed by atoms with Crippen molar-refractivity contribution in [1.29, 1.82) is 0 Å². The van der Waals surface area contributed by atoms with Gasteiger partial charge in [0.1, 0.15) is 5.76 Å². The Balaban J connectivity index is 1.13. The van der Waals surface area contributed by atoms with Crippen molar-refractivity contribution in [2.45, 2.75) is 18.5 Å². The summed E-state index contributed by atoms with van der Waals surface area (Å²) in [4.78, 5) is 2.44. The first kappa shape index (κ1) is 26.9. The minimum atomic E-state index is -4.33. The zero-order valence-electron chi connectivity index (χ0n) is 22.4. The van der Waals surface area contributed by atoms with Gasteiger partial charge in [-0.05, 0) is 81.8 Å². The monoisotopic (exact) mass is 564 g/mol. The molecule has 1 nitrogen and oxygen atoms in total. The van der Waals surface area contributed by atoms with Gasteiger partial charge in [0.2, 0.25) is 0 Å². The normalized spacial score (nSPS) is 15.0. The molecular formula is C36H27F3OS. The fourth-order valence-electron chi connectivity index (χ4n) is 5.08. The standard InChI is InChI=1S/C36H27F3OS/c1-40-33-20-16-29(17-21-33)27-8-12-31(13-9-27)35-23-22-34(41-35)30-10-6-26(7-11-30)24-2-4-25(5-3-24)28-14-18-32(19-15-28)36(37,38)39/h2-16,18-23,29H,17H2,1H3. The van der Waals surface area contributed by atoms with E-state index in [4.69, 9.17) is 4.74 Å². The Hall–Kier alpha value is -4.35. The zero-order valence-corrected chi connectivity index (χ0v) is 23.2. The Bertz CT molecular complexity index is 1690. The second-order valence-electron chi connectivity index (χ2n) is 10.0. The Morgan fingerprint density at radius 1 is 0.610 bits per heavy atom. The molecule has 204 valence electrons. The highest BCUT2D eigenvalue weighted by molar-refractivity contribution is 7.18. The molecule has 0 bridgehead atoms. The first-order valence-corrected chi connectivity index (χ1v) is 14.2. The summed E-state index contributed by atoms with van der Waals surface area (Å²) in [6, 6.07) is 34.8. The SMILES string of the molecule is COC1=CCC(c2ccc(-c3ccc(-c4ccc(-c5ccc(-c6ccc(C(F)(F)F)cc6)cc5)cc4)s3)cc2)C=C1. The molecule has 5 heteroatoms. The smallest absolute Gasteiger partial charge is 0.416 e. The number of methoxy groups -OCH3 is 1. The third kappa shape index (κ3) is 5.91. The molecule has 41 heavy (non-hydrogen) atoms. The van der Waals surface area contributed by atoms with Gasteiger partial charge in [-0.15, -0.1) is 11.3 Å². The summed E-state index contributed by atoms with van der Waals surface area (Å²) in [6.07, 6.45) is 2.99. The number of benzene rings is 4. The molecule has 5 aromatic rings. The van der Waals surface area contributed by atoms with Crippen molar-refractivity contribution in [1.82, 2.24) is 0 Å². The molecule has 0 saturated carbocycles. The summed E-state index contributed by atoms with van der Waals surface area (Å²) < 4.78 is 43.9. The lowest BCUT2D eigenvalue weighted by Gasteiger charge is -2.16. The Kier molecular flexibility index (Phi) is 7.38. The van der Waals surface area contributed by atoms with Crippen molar-refractivity contribution in [3.05, 3.63) is 144 Å². The van der Waals surface area contributed by atoms with Crippen LogP contribution in [0.3, 0.4) is 0 Å². The third-order valence-electron chi connectivity index (χ3n) is 7.46. The Morgan fingerprint density at radius 3 is 1.46 bits per heavy atom. The van der Waals surface area contributed by atoms with E-state index >= 15 is 0 Å². The van der Waals surface area contributed by atoms with Gasteiger partial charge >= 0.3 is 6.18 Å². The maximum atomic E-state index is 12.9. The van der Waals surface area contributed by atoms with Crippen molar-refractivity contribution >= 4 is 11.3 Å². The molecule has 0 N–H and O–H groups in total. The predicted octanol–water partition coefficient (Wildman–Crippen LogP) is 11.0. The lowest BCUT2D eigenvalue weighted by Crippen LogP contribution is -2.03. The maximum Gasteiger partial charge on any atom is 0.416 e. The van der Waals surface area contributed by atoms with E-state index in [-0.39, 0.29) is 0 Å². The van der Waals surface area contributed by atoms with Crippen LogP contribution in [0.2, 0.25) is 0 Å². The summed E-state index contributed by atoms with van der Waals surface area (Å²) in [5.41, 5.74) is 6.82. The highest BCUT2D eigenvalue weighted by atomic mass is 32.1. The number of alkyl halides is 3. The fraction of sp³-hybridized carbons (Fsp3) is 0.111. The van der Waals surface area contributed by atoms with E-state index in [2.05, 4.69) is 72.8 Å². The molecule has 1 aliphatic carbocycles. The lowest BCUT2D eigenvalue weighted by molar-refractivity contribution is -0.137. The van der Waals surface area contributed by atoms with Crippen LogP contribution < -0.4 is 0 Å². The van der Waals surface area contributed by atoms with Crippen LogP contribution in [-0.2, 0) is 10.9 Å². The van der Waals surface area contributed by atoms with Gasteiger partial charge in [0, 0.05) is 15.7 Å². The number of rotatable bonds is 6. The van der Waals surface area contributed by atoms with E-state index in [1.54, 1.807) is 18.4 Å². The Morgan fingerprint density at radius 2 is 1.05 bits per heavy atom. The van der Waals surface area contributed by atoms with Crippen LogP contribution in [0, 0.1) is 0 Å². The van der Waals surface area contributed by atoms with E-state index in [1.807, 2.05) is 30.3 Å². The lowest BCUT2D eigenvalue weighted by atomic mass is 9.91. The number of thiophene rings is 1. The third-order valence-corrected chi connectivity index (χ3v) is 8.65.